The highest BCUT2D eigenvalue weighted by Crippen LogP contribution is 2.36. The Hall–Kier alpha value is -1.70. The maximum atomic E-state index is 12.7. The van der Waals surface area contributed by atoms with Crippen LogP contribution in [-0.4, -0.2) is 46.7 Å². The summed E-state index contributed by atoms with van der Waals surface area (Å²) < 4.78 is 61.0. The Morgan fingerprint density at radius 1 is 1.00 bits per heavy atom. The lowest BCUT2D eigenvalue weighted by atomic mass is 10.1. The molecule has 0 aliphatic rings. The second-order valence-corrected chi connectivity index (χ2v) is 4.56. The third-order valence-corrected chi connectivity index (χ3v) is 3.05. The smallest absolute Gasteiger partial charge is 0.255 e. The van der Waals surface area contributed by atoms with Gasteiger partial charge in [-0.05, 0) is 24.6 Å². The fourth-order valence-electron chi connectivity index (χ4n) is 2.15. The summed E-state index contributed by atoms with van der Waals surface area (Å²) >= 11 is 0. The SMILES string of the molecule is COc1cc(N(CC(F)F)CC(F)F)c(OC)cc1CCN. The van der Waals surface area contributed by atoms with Gasteiger partial charge in [-0.15, -0.1) is 0 Å². The van der Waals surface area contributed by atoms with Crippen LogP contribution < -0.4 is 20.1 Å². The van der Waals surface area contributed by atoms with Crippen LogP contribution in [0.5, 0.6) is 11.5 Å². The van der Waals surface area contributed by atoms with Gasteiger partial charge in [-0.1, -0.05) is 0 Å². The van der Waals surface area contributed by atoms with Crippen molar-refractivity contribution in [1.82, 2.24) is 0 Å². The molecular formula is C14H20F4N2O2. The Balaban J connectivity index is 3.27. The molecule has 0 fully saturated rings. The number of ether oxygens (including phenoxy) is 2. The minimum atomic E-state index is -2.75. The van der Waals surface area contributed by atoms with Gasteiger partial charge in [0.1, 0.15) is 11.5 Å². The molecule has 2 N–H and O–H groups in total. The molecule has 0 heterocycles. The summed E-state index contributed by atoms with van der Waals surface area (Å²) in [5.41, 5.74) is 6.36. The highest BCUT2D eigenvalue weighted by Gasteiger charge is 2.22. The largest absolute Gasteiger partial charge is 0.496 e. The molecular weight excluding hydrogens is 304 g/mol. The molecule has 0 aliphatic heterocycles. The summed E-state index contributed by atoms with van der Waals surface area (Å²) in [4.78, 5) is 0.892. The van der Waals surface area contributed by atoms with E-state index in [0.29, 0.717) is 18.7 Å². The fourth-order valence-corrected chi connectivity index (χ4v) is 2.15. The molecule has 0 bridgehead atoms. The molecule has 22 heavy (non-hydrogen) atoms. The zero-order valence-electron chi connectivity index (χ0n) is 12.5. The topological polar surface area (TPSA) is 47.7 Å². The first-order valence-electron chi connectivity index (χ1n) is 6.69. The van der Waals surface area contributed by atoms with E-state index >= 15 is 0 Å². The maximum Gasteiger partial charge on any atom is 0.255 e. The van der Waals surface area contributed by atoms with E-state index in [-0.39, 0.29) is 11.4 Å². The number of halogens is 4. The summed E-state index contributed by atoms with van der Waals surface area (Å²) in [5.74, 6) is 0.625. The van der Waals surface area contributed by atoms with Crippen molar-refractivity contribution in [2.75, 3.05) is 38.8 Å². The monoisotopic (exact) mass is 324 g/mol. The predicted octanol–water partition coefficient (Wildman–Crippen LogP) is 2.54. The van der Waals surface area contributed by atoms with Gasteiger partial charge in [0.15, 0.2) is 0 Å². The summed E-state index contributed by atoms with van der Waals surface area (Å²) in [7, 11) is 2.76. The summed E-state index contributed by atoms with van der Waals surface area (Å²) in [6.07, 6.45) is -5.01. The van der Waals surface area contributed by atoms with Crippen molar-refractivity contribution >= 4 is 5.69 Å². The third kappa shape index (κ3) is 4.94. The molecule has 126 valence electrons. The Morgan fingerprint density at radius 3 is 1.95 bits per heavy atom. The second-order valence-electron chi connectivity index (χ2n) is 4.56. The van der Waals surface area contributed by atoms with Gasteiger partial charge in [0.2, 0.25) is 0 Å². The number of hydrogen-bond donors (Lipinski definition) is 1. The van der Waals surface area contributed by atoms with Gasteiger partial charge in [-0.3, -0.25) is 0 Å². The van der Waals surface area contributed by atoms with Gasteiger partial charge in [0.25, 0.3) is 12.9 Å². The van der Waals surface area contributed by atoms with Gasteiger partial charge < -0.3 is 20.1 Å². The lowest BCUT2D eigenvalue weighted by Gasteiger charge is -2.27. The Morgan fingerprint density at radius 2 is 1.55 bits per heavy atom. The number of anilines is 1. The average Bonchev–Trinajstić information content (AvgIpc) is 2.45. The molecule has 1 rings (SSSR count). The van der Waals surface area contributed by atoms with E-state index in [1.165, 1.54) is 20.3 Å². The van der Waals surface area contributed by atoms with Crippen LogP contribution in [0.15, 0.2) is 12.1 Å². The van der Waals surface area contributed by atoms with Gasteiger partial charge in [0, 0.05) is 6.07 Å². The molecule has 8 heteroatoms. The minimum absolute atomic E-state index is 0.140. The molecule has 4 nitrogen and oxygen atoms in total. The van der Waals surface area contributed by atoms with Crippen LogP contribution in [0, 0.1) is 0 Å². The van der Waals surface area contributed by atoms with Crippen molar-refractivity contribution in [2.45, 2.75) is 19.3 Å². The van der Waals surface area contributed by atoms with E-state index in [4.69, 9.17) is 15.2 Å². The minimum Gasteiger partial charge on any atom is -0.496 e. The molecule has 0 aromatic heterocycles. The van der Waals surface area contributed by atoms with E-state index in [1.807, 2.05) is 0 Å². The van der Waals surface area contributed by atoms with E-state index < -0.39 is 25.9 Å². The molecule has 1 aromatic rings. The van der Waals surface area contributed by atoms with Crippen LogP contribution in [0.3, 0.4) is 0 Å². The fraction of sp³-hybridized carbons (Fsp3) is 0.571. The molecule has 0 aliphatic carbocycles. The standard InChI is InChI=1S/C14H20F4N2O2/c1-21-11-6-10(12(22-2)5-9(11)3-4-19)20(7-13(15)16)8-14(17)18/h5-6,13-14H,3-4,7-8,19H2,1-2H3. The Labute approximate surface area is 126 Å². The van der Waals surface area contributed by atoms with Gasteiger partial charge in [-0.2, -0.15) is 0 Å². The first kappa shape index (κ1) is 18.3. The number of benzene rings is 1. The third-order valence-electron chi connectivity index (χ3n) is 3.05. The molecule has 0 spiro atoms. The van der Waals surface area contributed by atoms with Gasteiger partial charge >= 0.3 is 0 Å². The molecule has 0 saturated carbocycles. The maximum absolute atomic E-state index is 12.7. The quantitative estimate of drug-likeness (QED) is 0.709. The lowest BCUT2D eigenvalue weighted by molar-refractivity contribution is 0.131. The van der Waals surface area contributed by atoms with Crippen molar-refractivity contribution < 1.29 is 27.0 Å². The van der Waals surface area contributed by atoms with Crippen molar-refractivity contribution in [3.05, 3.63) is 17.7 Å². The van der Waals surface area contributed by atoms with Crippen molar-refractivity contribution in [3.8, 4) is 11.5 Å². The molecule has 0 unspecified atom stereocenters. The van der Waals surface area contributed by atoms with Gasteiger partial charge in [0.05, 0.1) is 33.0 Å². The normalized spacial score (nSPS) is 11.1. The molecule has 0 radical (unpaired) electrons. The number of nitrogens with zero attached hydrogens (tertiary/aromatic N) is 1. The lowest BCUT2D eigenvalue weighted by Crippen LogP contribution is -2.33. The second kappa shape index (κ2) is 8.67. The van der Waals surface area contributed by atoms with Crippen molar-refractivity contribution in [3.63, 3.8) is 0 Å². The number of methoxy groups -OCH3 is 2. The molecule has 0 saturated heterocycles. The van der Waals surface area contributed by atoms with E-state index in [1.54, 1.807) is 6.07 Å². The highest BCUT2D eigenvalue weighted by molar-refractivity contribution is 5.64. The zero-order valence-corrected chi connectivity index (χ0v) is 12.5. The summed E-state index contributed by atoms with van der Waals surface area (Å²) in [6, 6.07) is 3.00. The first-order valence-corrected chi connectivity index (χ1v) is 6.69. The zero-order chi connectivity index (χ0) is 16.7. The summed E-state index contributed by atoms with van der Waals surface area (Å²) in [5, 5.41) is 0. The van der Waals surface area contributed by atoms with Crippen LogP contribution >= 0.6 is 0 Å². The highest BCUT2D eigenvalue weighted by atomic mass is 19.3. The van der Waals surface area contributed by atoms with Gasteiger partial charge in [-0.25, -0.2) is 17.6 Å². The Bertz CT molecular complexity index is 462. The van der Waals surface area contributed by atoms with Crippen LogP contribution in [0.2, 0.25) is 0 Å². The van der Waals surface area contributed by atoms with Crippen molar-refractivity contribution in [2.24, 2.45) is 5.73 Å². The number of rotatable bonds is 9. The van der Waals surface area contributed by atoms with Crippen LogP contribution in [0.25, 0.3) is 0 Å². The first-order chi connectivity index (χ1) is 10.4. The molecule has 0 amide bonds. The van der Waals surface area contributed by atoms with Crippen LogP contribution in [-0.2, 0) is 6.42 Å². The van der Waals surface area contributed by atoms with Crippen LogP contribution in [0.1, 0.15) is 5.56 Å². The number of alkyl halides is 4. The molecule has 1 aromatic carbocycles. The van der Waals surface area contributed by atoms with Crippen LogP contribution in [0.4, 0.5) is 23.2 Å². The van der Waals surface area contributed by atoms with E-state index in [9.17, 15) is 17.6 Å². The summed E-state index contributed by atoms with van der Waals surface area (Å²) in [6.45, 7) is -1.28. The average molecular weight is 324 g/mol. The molecule has 0 atom stereocenters. The van der Waals surface area contributed by atoms with E-state index in [0.717, 1.165) is 10.5 Å². The van der Waals surface area contributed by atoms with Crippen molar-refractivity contribution in [1.29, 1.82) is 0 Å². The Kier molecular flexibility index (Phi) is 7.23. The number of hydrogen-bond acceptors (Lipinski definition) is 4. The predicted molar refractivity (Wildman–Crippen MR) is 76.5 cm³/mol. The van der Waals surface area contributed by atoms with E-state index in [2.05, 4.69) is 0 Å². The number of nitrogens with two attached hydrogens (primary N) is 1.